The van der Waals surface area contributed by atoms with Crippen LogP contribution >= 0.6 is 0 Å². The first kappa shape index (κ1) is 31.2. The first-order chi connectivity index (χ1) is 20.5. The van der Waals surface area contributed by atoms with Gasteiger partial charge in [-0.15, -0.1) is 0 Å². The molecule has 4 atom stereocenters. The second-order valence-electron chi connectivity index (χ2n) is 13.0. The van der Waals surface area contributed by atoms with Crippen LogP contribution in [0, 0.1) is 0 Å². The second-order valence-corrected chi connectivity index (χ2v) is 13.0. The van der Waals surface area contributed by atoms with Crippen LogP contribution in [-0.2, 0) is 21.3 Å². The fourth-order valence-electron chi connectivity index (χ4n) is 8.30. The highest BCUT2D eigenvalue weighted by molar-refractivity contribution is 5.64. The Morgan fingerprint density at radius 2 is 1.69 bits per heavy atom. The number of carbonyl (C=O) groups is 1. The third-order valence-corrected chi connectivity index (χ3v) is 10.5. The van der Waals surface area contributed by atoms with Gasteiger partial charge in [0.15, 0.2) is 11.5 Å². The van der Waals surface area contributed by atoms with Crippen LogP contribution in [0.1, 0.15) is 121 Å². The van der Waals surface area contributed by atoms with Gasteiger partial charge in [0.2, 0.25) is 6.79 Å². The Balaban J connectivity index is 1.05. The minimum atomic E-state index is -0.863. The number of hydrogen-bond acceptors (Lipinski definition) is 7. The summed E-state index contributed by atoms with van der Waals surface area (Å²) in [7, 11) is 0. The van der Waals surface area contributed by atoms with Gasteiger partial charge in [-0.3, -0.25) is 4.90 Å². The Morgan fingerprint density at radius 1 is 1.00 bits per heavy atom. The molecule has 1 aromatic carbocycles. The average molecular weight is 584 g/mol. The summed E-state index contributed by atoms with van der Waals surface area (Å²) >= 11 is 0. The molecule has 2 fully saturated rings. The summed E-state index contributed by atoms with van der Waals surface area (Å²) in [4.78, 5) is 14.6. The highest BCUT2D eigenvalue weighted by atomic mass is 16.8. The quantitative estimate of drug-likeness (QED) is 0.0875. The number of rotatable bonds is 17. The predicted molar refractivity (Wildman–Crippen MR) is 164 cm³/mol. The van der Waals surface area contributed by atoms with Gasteiger partial charge in [-0.25, -0.2) is 4.79 Å². The zero-order chi connectivity index (χ0) is 29.6. The minimum absolute atomic E-state index is 0.0730. The highest BCUT2D eigenvalue weighted by Gasteiger charge is 2.71. The molecule has 234 valence electrons. The Kier molecular flexibility index (Phi) is 10.4. The monoisotopic (exact) mass is 583 g/mol. The van der Waals surface area contributed by atoms with Crippen molar-refractivity contribution in [2.75, 3.05) is 26.5 Å². The Bertz CT molecular complexity index is 1090. The molecule has 0 amide bonds. The van der Waals surface area contributed by atoms with Gasteiger partial charge in [-0.1, -0.05) is 97.1 Å². The highest BCUT2D eigenvalue weighted by Crippen LogP contribution is 2.66. The molecular formula is C35H53NO6. The molecule has 1 spiro atoms. The zero-order valence-electron chi connectivity index (χ0n) is 26.1. The zero-order valence-corrected chi connectivity index (χ0v) is 26.1. The number of aliphatic hydroxyl groups is 1. The number of likely N-dealkylation sites (tertiary alicyclic amines) is 1. The molecule has 1 saturated heterocycles. The van der Waals surface area contributed by atoms with E-state index in [1.165, 1.54) is 69.8 Å². The summed E-state index contributed by atoms with van der Waals surface area (Å²) in [5, 5.41) is 12.3. The van der Waals surface area contributed by atoms with Crippen LogP contribution in [0.2, 0.25) is 0 Å². The smallest absolute Gasteiger partial charge is 0.481 e. The van der Waals surface area contributed by atoms with E-state index in [-0.39, 0.29) is 18.9 Å². The van der Waals surface area contributed by atoms with Crippen LogP contribution in [0.4, 0.5) is 4.79 Å². The molecule has 42 heavy (non-hydrogen) atoms. The van der Waals surface area contributed by atoms with E-state index in [4.69, 9.17) is 18.9 Å². The number of ether oxygens (including phenoxy) is 4. The summed E-state index contributed by atoms with van der Waals surface area (Å²) in [6.45, 7) is 10.8. The van der Waals surface area contributed by atoms with Gasteiger partial charge in [0.1, 0.15) is 6.10 Å². The fourth-order valence-corrected chi connectivity index (χ4v) is 8.30. The van der Waals surface area contributed by atoms with Gasteiger partial charge in [-0.2, -0.15) is 0 Å². The SMILES string of the molecule is C=C1CC[C@@]2(O)C3Cc4ccc(OCOC(=O)OCCCCCCCCCCCCCC)c5c4[C@@]2(CCN3CC)[C@H]1O5. The van der Waals surface area contributed by atoms with E-state index in [9.17, 15) is 9.90 Å². The number of benzene rings is 1. The van der Waals surface area contributed by atoms with Crippen molar-refractivity contribution < 1.29 is 28.8 Å². The molecule has 2 bridgehead atoms. The van der Waals surface area contributed by atoms with Crippen molar-refractivity contribution in [3.8, 4) is 11.5 Å². The maximum absolute atomic E-state index is 12.3. The minimum Gasteiger partial charge on any atom is -0.481 e. The maximum Gasteiger partial charge on any atom is 0.511 e. The van der Waals surface area contributed by atoms with Crippen molar-refractivity contribution in [3.63, 3.8) is 0 Å². The number of nitrogens with zero attached hydrogens (tertiary/aromatic N) is 1. The van der Waals surface area contributed by atoms with Crippen molar-refractivity contribution in [2.45, 2.75) is 140 Å². The van der Waals surface area contributed by atoms with Crippen LogP contribution in [0.25, 0.3) is 0 Å². The number of unbranched alkanes of at least 4 members (excludes halogenated alkanes) is 11. The lowest BCUT2D eigenvalue weighted by molar-refractivity contribution is -0.173. The first-order valence-electron chi connectivity index (χ1n) is 16.9. The standard InChI is InChI=1S/C35H53NO6/c1-4-6-7-8-9-10-11-12-13-14-15-16-23-39-33(37)41-25-40-28-18-17-27-24-29-35(38)20-19-26(3)32-34(35,21-22-36(29)5-2)30(27)31(28)42-32/h17-18,29,32,38H,3-16,19-25H2,1-2H3/t29?,32-,34-,35+/m0/s1. The van der Waals surface area contributed by atoms with E-state index in [2.05, 4.69) is 31.4 Å². The molecule has 0 radical (unpaired) electrons. The molecule has 2 aliphatic heterocycles. The molecule has 2 heterocycles. The third kappa shape index (κ3) is 5.93. The maximum atomic E-state index is 12.3. The predicted octanol–water partition coefficient (Wildman–Crippen LogP) is 7.61. The van der Waals surface area contributed by atoms with Crippen molar-refractivity contribution in [3.05, 3.63) is 35.4 Å². The van der Waals surface area contributed by atoms with Crippen LogP contribution < -0.4 is 9.47 Å². The molecule has 1 N–H and O–H groups in total. The lowest BCUT2D eigenvalue weighted by Gasteiger charge is -2.63. The number of piperidine rings is 1. The summed E-state index contributed by atoms with van der Waals surface area (Å²) < 4.78 is 23.0. The van der Waals surface area contributed by atoms with Gasteiger partial charge < -0.3 is 24.1 Å². The second kappa shape index (κ2) is 14.0. The largest absolute Gasteiger partial charge is 0.511 e. The Morgan fingerprint density at radius 3 is 2.38 bits per heavy atom. The lowest BCUT2D eigenvalue weighted by atomic mass is 9.48. The van der Waals surface area contributed by atoms with Crippen molar-refractivity contribution >= 4 is 6.16 Å². The molecule has 4 aliphatic rings. The first-order valence-corrected chi connectivity index (χ1v) is 16.9. The van der Waals surface area contributed by atoms with Gasteiger partial charge in [0.25, 0.3) is 0 Å². The van der Waals surface area contributed by atoms with Crippen LogP contribution in [-0.4, -0.2) is 60.4 Å². The van der Waals surface area contributed by atoms with E-state index in [1.54, 1.807) is 0 Å². The van der Waals surface area contributed by atoms with Crippen molar-refractivity contribution in [2.24, 2.45) is 0 Å². The summed E-state index contributed by atoms with van der Waals surface area (Å²) in [5.41, 5.74) is 1.96. The summed E-state index contributed by atoms with van der Waals surface area (Å²) in [6.07, 6.45) is 17.3. The lowest BCUT2D eigenvalue weighted by Crippen LogP contribution is -2.75. The molecule has 1 aromatic rings. The van der Waals surface area contributed by atoms with Gasteiger partial charge in [0.05, 0.1) is 17.6 Å². The van der Waals surface area contributed by atoms with Gasteiger partial charge >= 0.3 is 6.16 Å². The van der Waals surface area contributed by atoms with Crippen molar-refractivity contribution in [1.82, 2.24) is 4.90 Å². The average Bonchev–Trinajstić information content (AvgIpc) is 3.34. The van der Waals surface area contributed by atoms with E-state index >= 15 is 0 Å². The molecule has 1 unspecified atom stereocenters. The van der Waals surface area contributed by atoms with E-state index < -0.39 is 17.2 Å². The number of hydrogen-bond donors (Lipinski definition) is 1. The van der Waals surface area contributed by atoms with E-state index in [0.717, 1.165) is 56.3 Å². The van der Waals surface area contributed by atoms with Crippen LogP contribution in [0.15, 0.2) is 24.3 Å². The molecule has 1 saturated carbocycles. The summed E-state index contributed by atoms with van der Waals surface area (Å²) in [6, 6.07) is 4.07. The fraction of sp³-hybridized carbons (Fsp3) is 0.743. The van der Waals surface area contributed by atoms with Gasteiger partial charge in [0, 0.05) is 11.6 Å². The molecule has 2 aliphatic carbocycles. The molecule has 0 aromatic heterocycles. The van der Waals surface area contributed by atoms with E-state index in [0.29, 0.717) is 24.5 Å². The van der Waals surface area contributed by atoms with Gasteiger partial charge in [-0.05, 0) is 62.4 Å². The summed E-state index contributed by atoms with van der Waals surface area (Å²) in [5.74, 6) is 1.22. The normalized spacial score (nSPS) is 27.4. The van der Waals surface area contributed by atoms with Crippen LogP contribution in [0.3, 0.4) is 0 Å². The third-order valence-electron chi connectivity index (χ3n) is 10.5. The topological polar surface area (TPSA) is 77.5 Å². The van der Waals surface area contributed by atoms with Crippen LogP contribution in [0.5, 0.6) is 11.5 Å². The van der Waals surface area contributed by atoms with E-state index in [1.807, 2.05) is 6.07 Å². The Hall–Kier alpha value is -2.25. The molecule has 7 nitrogen and oxygen atoms in total. The Labute approximate surface area is 252 Å². The molecular weight excluding hydrogens is 530 g/mol. The molecule has 5 rings (SSSR count). The molecule has 7 heteroatoms. The number of likely N-dealkylation sites (N-methyl/N-ethyl adjacent to an activating group) is 1. The van der Waals surface area contributed by atoms with Crippen molar-refractivity contribution in [1.29, 1.82) is 0 Å². The number of carbonyl (C=O) groups excluding carboxylic acids is 1.